The first kappa shape index (κ1) is 23.8. The van der Waals surface area contributed by atoms with Crippen molar-refractivity contribution >= 4 is 29.9 Å². The molecule has 2 N–H and O–H groups in total. The first-order valence-electron chi connectivity index (χ1n) is 9.64. The van der Waals surface area contributed by atoms with Crippen molar-refractivity contribution in [2.75, 3.05) is 47.4 Å². The van der Waals surface area contributed by atoms with E-state index in [1.54, 1.807) is 21.3 Å². The monoisotopic (exact) mass is 490 g/mol. The van der Waals surface area contributed by atoms with Gasteiger partial charge in [-0.2, -0.15) is 0 Å². The molecule has 1 aromatic rings. The minimum absolute atomic E-state index is 0. The summed E-state index contributed by atoms with van der Waals surface area (Å²) in [7, 11) is 5.13. The van der Waals surface area contributed by atoms with Crippen LogP contribution in [0.3, 0.4) is 0 Å². The van der Waals surface area contributed by atoms with Gasteiger partial charge in [0, 0.05) is 31.8 Å². The van der Waals surface area contributed by atoms with Gasteiger partial charge in [0.25, 0.3) is 0 Å². The van der Waals surface area contributed by atoms with E-state index in [1.807, 2.05) is 18.2 Å². The largest absolute Gasteiger partial charge is 0.497 e. The summed E-state index contributed by atoms with van der Waals surface area (Å²) in [6.45, 7) is 5.25. The lowest BCUT2D eigenvalue weighted by Gasteiger charge is -2.20. The molecule has 6 nitrogen and oxygen atoms in total. The van der Waals surface area contributed by atoms with Gasteiger partial charge in [-0.15, -0.1) is 24.0 Å². The van der Waals surface area contributed by atoms with E-state index in [4.69, 9.17) is 9.47 Å². The van der Waals surface area contributed by atoms with Crippen LogP contribution in [-0.4, -0.2) is 58.3 Å². The molecule has 154 valence electrons. The second kappa shape index (κ2) is 13.9. The van der Waals surface area contributed by atoms with Crippen molar-refractivity contribution in [3.63, 3.8) is 0 Å². The highest BCUT2D eigenvalue weighted by Crippen LogP contribution is 2.24. The van der Waals surface area contributed by atoms with Gasteiger partial charge >= 0.3 is 0 Å². The van der Waals surface area contributed by atoms with E-state index < -0.39 is 0 Å². The predicted molar refractivity (Wildman–Crippen MR) is 123 cm³/mol. The molecule has 0 atom stereocenters. The fraction of sp³-hybridized carbons (Fsp3) is 0.650. The number of methoxy groups -OCH3 is 2. The van der Waals surface area contributed by atoms with Crippen LogP contribution in [0.15, 0.2) is 23.2 Å². The van der Waals surface area contributed by atoms with Crippen molar-refractivity contribution in [1.29, 1.82) is 0 Å². The molecule has 27 heavy (non-hydrogen) atoms. The fourth-order valence-corrected chi connectivity index (χ4v) is 3.27. The van der Waals surface area contributed by atoms with Crippen LogP contribution >= 0.6 is 24.0 Å². The molecule has 1 aliphatic rings. The number of benzene rings is 1. The molecule has 1 fully saturated rings. The molecule has 0 aromatic heterocycles. The van der Waals surface area contributed by atoms with Gasteiger partial charge in [0.2, 0.25) is 0 Å². The third-order valence-corrected chi connectivity index (χ3v) is 4.81. The number of nitrogens with zero attached hydrogens (tertiary/aromatic N) is 2. The Morgan fingerprint density at radius 3 is 2.44 bits per heavy atom. The molecule has 1 aliphatic heterocycles. The Bertz CT molecular complexity index is 561. The van der Waals surface area contributed by atoms with Crippen LogP contribution in [-0.2, 0) is 6.54 Å². The normalized spacial score (nSPS) is 15.4. The Morgan fingerprint density at radius 1 is 1.07 bits per heavy atom. The molecule has 1 heterocycles. The molecular weight excluding hydrogens is 455 g/mol. The number of halogens is 1. The molecule has 1 saturated heterocycles. The van der Waals surface area contributed by atoms with Gasteiger partial charge < -0.3 is 25.0 Å². The average molecular weight is 490 g/mol. The molecular formula is C20H35IN4O2. The number of rotatable bonds is 8. The number of hydrogen-bond acceptors (Lipinski definition) is 4. The van der Waals surface area contributed by atoms with E-state index in [1.165, 1.54) is 38.8 Å². The number of nitrogens with one attached hydrogen (secondary N) is 2. The number of ether oxygens (including phenoxy) is 2. The van der Waals surface area contributed by atoms with Gasteiger partial charge in [0.05, 0.1) is 14.2 Å². The maximum atomic E-state index is 5.44. The average Bonchev–Trinajstić information content (AvgIpc) is 2.96. The van der Waals surface area contributed by atoms with Crippen molar-refractivity contribution in [2.45, 2.75) is 38.6 Å². The van der Waals surface area contributed by atoms with Crippen LogP contribution in [0.5, 0.6) is 11.5 Å². The van der Waals surface area contributed by atoms with E-state index in [9.17, 15) is 0 Å². The summed E-state index contributed by atoms with van der Waals surface area (Å²) in [5.41, 5.74) is 1.07. The summed E-state index contributed by atoms with van der Waals surface area (Å²) in [4.78, 5) is 6.90. The molecule has 7 heteroatoms. The van der Waals surface area contributed by atoms with Crippen LogP contribution in [0.2, 0.25) is 0 Å². The lowest BCUT2D eigenvalue weighted by Crippen LogP contribution is -2.38. The molecule has 0 radical (unpaired) electrons. The highest BCUT2D eigenvalue weighted by Gasteiger charge is 2.09. The Kier molecular flexibility index (Phi) is 12.2. The molecule has 0 bridgehead atoms. The number of guanidine groups is 1. The molecule has 0 unspecified atom stereocenters. The van der Waals surface area contributed by atoms with Crippen molar-refractivity contribution < 1.29 is 9.47 Å². The highest BCUT2D eigenvalue weighted by molar-refractivity contribution is 14.0. The standard InChI is InChI=1S/C20H34N4O2.HI/c1-21-20(22-11-8-14-24-12-6-4-5-7-13-24)23-16-17-9-10-18(25-2)15-19(17)26-3;/h9-10,15H,4-8,11-14,16H2,1-3H3,(H2,21,22,23);1H. The van der Waals surface area contributed by atoms with E-state index >= 15 is 0 Å². The number of likely N-dealkylation sites (tertiary alicyclic amines) is 1. The Balaban J connectivity index is 0.00000364. The van der Waals surface area contributed by atoms with Gasteiger partial charge in [0.15, 0.2) is 5.96 Å². The molecule has 0 aliphatic carbocycles. The molecule has 0 amide bonds. The SMILES string of the molecule is CN=C(NCCCN1CCCCCC1)NCc1ccc(OC)cc1OC.I. The fourth-order valence-electron chi connectivity index (χ4n) is 3.27. The Morgan fingerprint density at radius 2 is 1.81 bits per heavy atom. The Hall–Kier alpha value is -1.22. The van der Waals surface area contributed by atoms with Crippen molar-refractivity contribution in [1.82, 2.24) is 15.5 Å². The molecule has 0 saturated carbocycles. The summed E-state index contributed by atoms with van der Waals surface area (Å²) in [5, 5.41) is 6.75. The quantitative estimate of drug-likeness (QED) is 0.254. The summed E-state index contributed by atoms with van der Waals surface area (Å²) in [6.07, 6.45) is 6.60. The lowest BCUT2D eigenvalue weighted by molar-refractivity contribution is 0.282. The highest BCUT2D eigenvalue weighted by atomic mass is 127. The van der Waals surface area contributed by atoms with Gasteiger partial charge in [0.1, 0.15) is 11.5 Å². The van der Waals surface area contributed by atoms with E-state index in [2.05, 4.69) is 20.5 Å². The zero-order chi connectivity index (χ0) is 18.6. The van der Waals surface area contributed by atoms with Crippen LogP contribution in [0, 0.1) is 0 Å². The first-order valence-corrected chi connectivity index (χ1v) is 9.64. The van der Waals surface area contributed by atoms with Crippen LogP contribution < -0.4 is 20.1 Å². The smallest absolute Gasteiger partial charge is 0.191 e. The lowest BCUT2D eigenvalue weighted by atomic mass is 10.2. The zero-order valence-electron chi connectivity index (χ0n) is 16.9. The third kappa shape index (κ3) is 8.55. The second-order valence-electron chi connectivity index (χ2n) is 6.64. The number of hydrogen-bond donors (Lipinski definition) is 2. The van der Waals surface area contributed by atoms with E-state index in [-0.39, 0.29) is 24.0 Å². The van der Waals surface area contributed by atoms with Crippen LogP contribution in [0.1, 0.15) is 37.7 Å². The van der Waals surface area contributed by atoms with Crippen LogP contribution in [0.25, 0.3) is 0 Å². The molecule has 0 spiro atoms. The van der Waals surface area contributed by atoms with Crippen LogP contribution in [0.4, 0.5) is 0 Å². The minimum atomic E-state index is 0. The molecule has 2 rings (SSSR count). The van der Waals surface area contributed by atoms with Crippen molar-refractivity contribution in [3.05, 3.63) is 23.8 Å². The maximum absolute atomic E-state index is 5.44. The third-order valence-electron chi connectivity index (χ3n) is 4.81. The Labute approximate surface area is 181 Å². The molecule has 1 aromatic carbocycles. The maximum Gasteiger partial charge on any atom is 0.191 e. The van der Waals surface area contributed by atoms with Gasteiger partial charge in [-0.3, -0.25) is 4.99 Å². The van der Waals surface area contributed by atoms with Crippen molar-refractivity contribution in [2.24, 2.45) is 4.99 Å². The van der Waals surface area contributed by atoms with E-state index in [0.29, 0.717) is 6.54 Å². The summed E-state index contributed by atoms with van der Waals surface area (Å²) < 4.78 is 10.7. The topological polar surface area (TPSA) is 58.1 Å². The van der Waals surface area contributed by atoms with Gasteiger partial charge in [-0.25, -0.2) is 0 Å². The minimum Gasteiger partial charge on any atom is -0.497 e. The van der Waals surface area contributed by atoms with E-state index in [0.717, 1.165) is 42.5 Å². The summed E-state index contributed by atoms with van der Waals surface area (Å²) in [6, 6.07) is 5.85. The predicted octanol–water partition coefficient (Wildman–Crippen LogP) is 3.25. The number of aliphatic imine (C=N–C) groups is 1. The summed E-state index contributed by atoms with van der Waals surface area (Å²) in [5.74, 6) is 2.42. The first-order chi connectivity index (χ1) is 12.8. The van der Waals surface area contributed by atoms with Gasteiger partial charge in [-0.05, 0) is 51.0 Å². The van der Waals surface area contributed by atoms with Crippen molar-refractivity contribution in [3.8, 4) is 11.5 Å². The second-order valence-corrected chi connectivity index (χ2v) is 6.64. The zero-order valence-corrected chi connectivity index (χ0v) is 19.3. The van der Waals surface area contributed by atoms with Gasteiger partial charge in [-0.1, -0.05) is 12.8 Å². The summed E-state index contributed by atoms with van der Waals surface area (Å²) >= 11 is 0.